The fraction of sp³-hybridized carbons (Fsp3) is 0.625. The smallest absolute Gasteiger partial charge is 0.268 e. The van der Waals surface area contributed by atoms with Crippen molar-refractivity contribution in [1.29, 1.82) is 0 Å². The number of rotatable bonds is 8. The Labute approximate surface area is 222 Å². The molecule has 3 aliphatic rings. The molecule has 0 spiro atoms. The molecule has 194 valence electrons. The minimum Gasteiger partial charge on any atom is -0.493 e. The number of piperazine rings is 1. The van der Waals surface area contributed by atoms with Gasteiger partial charge in [-0.1, -0.05) is 13.8 Å². The minimum atomic E-state index is -3.66. The van der Waals surface area contributed by atoms with Gasteiger partial charge < -0.3 is 19.9 Å². The molecule has 1 aromatic rings. The van der Waals surface area contributed by atoms with Crippen molar-refractivity contribution in [1.82, 2.24) is 24.3 Å². The number of likely N-dealkylation sites (N-methyl/N-ethyl adjacent to an activating group) is 2. The van der Waals surface area contributed by atoms with Crippen LogP contribution in [0.3, 0.4) is 0 Å². The van der Waals surface area contributed by atoms with Crippen LogP contribution in [0.5, 0.6) is 5.75 Å². The standard InChI is InChI=1S/C24H36IN5O4S/c1-5-9-29-16-19-21(26-23(31)22(19)28(4)24(29)25)18-15-17(7-8-20(18)34-14-6-2)35(32,33)30-12-10-27(3)11-13-30/h7-8,15,21,24H,5-6,9-14,16H2,1-4H3,(H,26,31). The highest BCUT2D eigenvalue weighted by Gasteiger charge is 2.43. The quantitative estimate of drug-likeness (QED) is 0.272. The monoisotopic (exact) mass is 617 g/mol. The molecular formula is C24H36IN5O4S. The van der Waals surface area contributed by atoms with E-state index in [0.29, 0.717) is 56.3 Å². The predicted molar refractivity (Wildman–Crippen MR) is 144 cm³/mol. The van der Waals surface area contributed by atoms with Crippen LogP contribution in [0.15, 0.2) is 34.4 Å². The van der Waals surface area contributed by atoms with E-state index in [1.807, 2.05) is 25.9 Å². The first kappa shape index (κ1) is 26.6. The van der Waals surface area contributed by atoms with Gasteiger partial charge in [-0.05, 0) is 66.3 Å². The SMILES string of the molecule is CCCOc1ccc(S(=O)(=O)N2CCN(C)CC2)cc1C1NC(=O)C2=C1CN(CCC)C(I)N2C. The molecule has 9 nitrogen and oxygen atoms in total. The van der Waals surface area contributed by atoms with Gasteiger partial charge in [0.2, 0.25) is 10.0 Å². The molecule has 2 atom stereocenters. The summed E-state index contributed by atoms with van der Waals surface area (Å²) in [5, 5.41) is 3.13. The highest BCUT2D eigenvalue weighted by molar-refractivity contribution is 14.1. The molecule has 0 aromatic heterocycles. The number of sulfonamides is 1. The molecule has 1 fully saturated rings. The average Bonchev–Trinajstić information content (AvgIpc) is 3.17. The lowest BCUT2D eigenvalue weighted by Crippen LogP contribution is -2.48. The molecule has 3 heterocycles. The highest BCUT2D eigenvalue weighted by Crippen LogP contribution is 2.41. The van der Waals surface area contributed by atoms with Crippen LogP contribution in [0.25, 0.3) is 0 Å². The fourth-order valence-corrected chi connectivity index (χ4v) is 7.15. The van der Waals surface area contributed by atoms with Gasteiger partial charge in [0.1, 0.15) is 15.6 Å². The molecule has 2 unspecified atom stereocenters. The minimum absolute atomic E-state index is 0.0792. The number of hydrogen-bond acceptors (Lipinski definition) is 7. The third-order valence-electron chi connectivity index (χ3n) is 6.85. The lowest BCUT2D eigenvalue weighted by atomic mass is 9.97. The van der Waals surface area contributed by atoms with E-state index >= 15 is 0 Å². The Morgan fingerprint density at radius 2 is 1.83 bits per heavy atom. The largest absolute Gasteiger partial charge is 0.493 e. The zero-order chi connectivity index (χ0) is 25.3. The van der Waals surface area contributed by atoms with Gasteiger partial charge in [0.25, 0.3) is 5.91 Å². The number of alkyl halides is 1. The van der Waals surface area contributed by atoms with E-state index < -0.39 is 16.1 Å². The number of carbonyl (C=O) groups excluding carboxylic acids is 1. The van der Waals surface area contributed by atoms with Crippen LogP contribution in [0, 0.1) is 0 Å². The average molecular weight is 618 g/mol. The lowest BCUT2D eigenvalue weighted by molar-refractivity contribution is -0.118. The first-order valence-corrected chi connectivity index (χ1v) is 15.0. The van der Waals surface area contributed by atoms with Gasteiger partial charge in [-0.2, -0.15) is 4.31 Å². The molecule has 0 aliphatic carbocycles. The third kappa shape index (κ3) is 5.20. The van der Waals surface area contributed by atoms with Gasteiger partial charge in [-0.25, -0.2) is 8.42 Å². The number of nitrogens with one attached hydrogen (secondary N) is 1. The molecule has 35 heavy (non-hydrogen) atoms. The number of hydrogen-bond donors (Lipinski definition) is 1. The summed E-state index contributed by atoms with van der Waals surface area (Å²) in [5.41, 5.74) is 2.34. The maximum Gasteiger partial charge on any atom is 0.268 e. The second kappa shape index (κ2) is 10.9. The van der Waals surface area contributed by atoms with Gasteiger partial charge in [0, 0.05) is 51.9 Å². The molecule has 1 aromatic carbocycles. The van der Waals surface area contributed by atoms with Gasteiger partial charge in [-0.3, -0.25) is 9.69 Å². The number of nitrogens with zero attached hydrogens (tertiary/aromatic N) is 4. The number of halogens is 1. The number of amides is 1. The Balaban J connectivity index is 1.75. The molecular weight excluding hydrogens is 581 g/mol. The molecule has 3 aliphatic heterocycles. The summed E-state index contributed by atoms with van der Waals surface area (Å²) in [7, 11) is 0.287. The van der Waals surface area contributed by atoms with Crippen molar-refractivity contribution in [2.75, 3.05) is 60.0 Å². The molecule has 4 rings (SSSR count). The van der Waals surface area contributed by atoms with Crippen molar-refractivity contribution in [3.05, 3.63) is 35.0 Å². The van der Waals surface area contributed by atoms with Crippen molar-refractivity contribution < 1.29 is 17.9 Å². The zero-order valence-corrected chi connectivity index (χ0v) is 23.9. The second-order valence-electron chi connectivity index (χ2n) is 9.43. The van der Waals surface area contributed by atoms with Gasteiger partial charge >= 0.3 is 0 Å². The van der Waals surface area contributed by atoms with Crippen LogP contribution in [-0.2, 0) is 14.8 Å². The maximum atomic E-state index is 13.5. The van der Waals surface area contributed by atoms with E-state index in [9.17, 15) is 13.2 Å². The van der Waals surface area contributed by atoms with Crippen LogP contribution in [-0.4, -0.2) is 97.5 Å². The summed E-state index contributed by atoms with van der Waals surface area (Å²) in [6, 6.07) is 4.65. The number of carbonyl (C=O) groups is 1. The molecule has 0 bridgehead atoms. The zero-order valence-electron chi connectivity index (χ0n) is 21.0. The lowest BCUT2D eigenvalue weighted by Gasteiger charge is -2.40. The Bertz CT molecular complexity index is 1090. The molecule has 1 amide bonds. The van der Waals surface area contributed by atoms with Crippen molar-refractivity contribution in [2.45, 2.75) is 41.8 Å². The van der Waals surface area contributed by atoms with Crippen LogP contribution in [0.4, 0.5) is 0 Å². The summed E-state index contributed by atoms with van der Waals surface area (Å²) >= 11 is 2.37. The van der Waals surface area contributed by atoms with Crippen LogP contribution < -0.4 is 10.1 Å². The Kier molecular flexibility index (Phi) is 8.31. The van der Waals surface area contributed by atoms with Crippen LogP contribution >= 0.6 is 22.6 Å². The van der Waals surface area contributed by atoms with Crippen molar-refractivity contribution in [3.63, 3.8) is 0 Å². The summed E-state index contributed by atoms with van der Waals surface area (Å²) in [6.07, 6.45) is 1.83. The topological polar surface area (TPSA) is 85.4 Å². The van der Waals surface area contributed by atoms with E-state index in [4.69, 9.17) is 4.74 Å². The first-order chi connectivity index (χ1) is 16.7. The molecule has 1 saturated heterocycles. The van der Waals surface area contributed by atoms with E-state index in [0.717, 1.165) is 25.0 Å². The molecule has 0 saturated carbocycles. The second-order valence-corrected chi connectivity index (χ2v) is 12.5. The van der Waals surface area contributed by atoms with E-state index in [-0.39, 0.29) is 15.0 Å². The van der Waals surface area contributed by atoms with Crippen molar-refractivity contribution in [2.24, 2.45) is 0 Å². The van der Waals surface area contributed by atoms with E-state index in [1.54, 1.807) is 22.5 Å². The molecule has 0 radical (unpaired) electrons. The van der Waals surface area contributed by atoms with Crippen molar-refractivity contribution >= 4 is 38.5 Å². The Morgan fingerprint density at radius 1 is 1.11 bits per heavy atom. The Morgan fingerprint density at radius 3 is 2.49 bits per heavy atom. The summed E-state index contributed by atoms with van der Waals surface area (Å²) in [6.45, 7) is 8.58. The van der Waals surface area contributed by atoms with Crippen molar-refractivity contribution in [3.8, 4) is 5.75 Å². The van der Waals surface area contributed by atoms with Gasteiger partial charge in [-0.15, -0.1) is 0 Å². The predicted octanol–water partition coefficient (Wildman–Crippen LogP) is 2.21. The maximum absolute atomic E-state index is 13.5. The van der Waals surface area contributed by atoms with E-state index in [2.05, 4.69) is 44.6 Å². The number of benzene rings is 1. The summed E-state index contributed by atoms with van der Waals surface area (Å²) in [4.78, 5) is 19.8. The van der Waals surface area contributed by atoms with E-state index in [1.165, 1.54) is 0 Å². The normalized spacial score (nSPS) is 24.6. The molecule has 1 N–H and O–H groups in total. The number of ether oxygens (including phenoxy) is 1. The van der Waals surface area contributed by atoms with Crippen LogP contribution in [0.1, 0.15) is 38.3 Å². The van der Waals surface area contributed by atoms with Gasteiger partial charge in [0.15, 0.2) is 0 Å². The summed E-state index contributed by atoms with van der Waals surface area (Å²) in [5.74, 6) is 0.489. The Hall–Kier alpha value is -1.41. The third-order valence-corrected chi connectivity index (χ3v) is 10.4. The highest BCUT2D eigenvalue weighted by atomic mass is 127. The van der Waals surface area contributed by atoms with Crippen LogP contribution in [0.2, 0.25) is 0 Å². The van der Waals surface area contributed by atoms with Gasteiger partial charge in [0.05, 0.1) is 17.5 Å². The fourth-order valence-electron chi connectivity index (χ4n) is 4.94. The summed E-state index contributed by atoms with van der Waals surface area (Å²) < 4.78 is 34.7. The first-order valence-electron chi connectivity index (χ1n) is 12.3. The molecule has 11 heteroatoms.